The number of amides is 1. The molecule has 0 bridgehead atoms. The van der Waals surface area contributed by atoms with Crippen LogP contribution in [-0.2, 0) is 14.6 Å². The first-order valence-corrected chi connectivity index (χ1v) is 13.9. The standard InChI is InChI=1S/C21H33N3O3S2/c1-15-16(2)23(17-7-3-4-8-17)21(22-15)28-13-20(25)24(18-9-5-6-10-18)19-11-12-29(26,27)14-19/h17-19H,3-14H2,1-2H3. The number of hydrogen-bond acceptors (Lipinski definition) is 5. The molecule has 1 amide bonds. The van der Waals surface area contributed by atoms with Gasteiger partial charge < -0.3 is 9.47 Å². The lowest BCUT2D eigenvalue weighted by Gasteiger charge is -2.34. The van der Waals surface area contributed by atoms with Crippen molar-refractivity contribution in [3.63, 3.8) is 0 Å². The van der Waals surface area contributed by atoms with E-state index < -0.39 is 9.84 Å². The van der Waals surface area contributed by atoms with E-state index in [4.69, 9.17) is 4.98 Å². The summed E-state index contributed by atoms with van der Waals surface area (Å²) in [7, 11) is -3.01. The summed E-state index contributed by atoms with van der Waals surface area (Å²) in [5.41, 5.74) is 2.25. The number of nitrogens with zero attached hydrogens (tertiary/aromatic N) is 3. The van der Waals surface area contributed by atoms with Crippen LogP contribution in [0.25, 0.3) is 0 Å². The lowest BCUT2D eigenvalue weighted by Crippen LogP contribution is -2.47. The van der Waals surface area contributed by atoms with Crippen molar-refractivity contribution in [2.45, 2.75) is 94.9 Å². The fourth-order valence-electron chi connectivity index (χ4n) is 5.37. The molecule has 3 aliphatic rings. The molecule has 8 heteroatoms. The van der Waals surface area contributed by atoms with Crippen LogP contribution in [0.4, 0.5) is 0 Å². The summed E-state index contributed by atoms with van der Waals surface area (Å²) in [6.45, 7) is 4.17. The zero-order valence-corrected chi connectivity index (χ0v) is 19.2. The van der Waals surface area contributed by atoms with Gasteiger partial charge in [0.25, 0.3) is 0 Å². The molecule has 29 heavy (non-hydrogen) atoms. The normalized spacial score (nSPS) is 25.1. The maximum absolute atomic E-state index is 13.3. The van der Waals surface area contributed by atoms with E-state index in [1.54, 1.807) is 0 Å². The van der Waals surface area contributed by atoms with E-state index in [2.05, 4.69) is 11.5 Å². The highest BCUT2D eigenvalue weighted by atomic mass is 32.2. The summed E-state index contributed by atoms with van der Waals surface area (Å²) >= 11 is 1.53. The Morgan fingerprint density at radius 1 is 1.07 bits per heavy atom. The van der Waals surface area contributed by atoms with Crippen LogP contribution in [0.2, 0.25) is 0 Å². The number of aromatic nitrogens is 2. The Morgan fingerprint density at radius 2 is 1.72 bits per heavy atom. The quantitative estimate of drug-likeness (QED) is 0.633. The van der Waals surface area contributed by atoms with E-state index >= 15 is 0 Å². The van der Waals surface area contributed by atoms with Gasteiger partial charge in [0.15, 0.2) is 15.0 Å². The first-order valence-electron chi connectivity index (χ1n) is 11.1. The first kappa shape index (κ1) is 21.2. The molecule has 162 valence electrons. The van der Waals surface area contributed by atoms with Crippen LogP contribution in [0, 0.1) is 13.8 Å². The zero-order chi connectivity index (χ0) is 20.6. The van der Waals surface area contributed by atoms with Crippen molar-refractivity contribution in [1.29, 1.82) is 0 Å². The molecule has 2 saturated carbocycles. The predicted octanol–water partition coefficient (Wildman–Crippen LogP) is 3.67. The van der Waals surface area contributed by atoms with Crippen molar-refractivity contribution in [3.8, 4) is 0 Å². The SMILES string of the molecule is Cc1nc(SCC(=O)N(C2CCCC2)C2CCS(=O)(=O)C2)n(C2CCCC2)c1C. The molecule has 0 N–H and O–H groups in total. The van der Waals surface area contributed by atoms with Crippen molar-refractivity contribution in [1.82, 2.24) is 14.5 Å². The Balaban J connectivity index is 1.49. The van der Waals surface area contributed by atoms with Crippen LogP contribution in [-0.4, -0.2) is 58.1 Å². The van der Waals surface area contributed by atoms with Crippen molar-refractivity contribution in [2.24, 2.45) is 0 Å². The summed E-state index contributed by atoms with van der Waals surface area (Å²) in [5, 5.41) is 0.950. The molecular formula is C21H33N3O3S2. The number of carbonyl (C=O) groups excluding carboxylic acids is 1. The summed E-state index contributed by atoms with van der Waals surface area (Å²) in [5.74, 6) is 0.774. The Labute approximate surface area is 178 Å². The molecule has 1 saturated heterocycles. The van der Waals surface area contributed by atoms with E-state index in [1.807, 2.05) is 11.8 Å². The molecule has 0 radical (unpaired) electrons. The van der Waals surface area contributed by atoms with Gasteiger partial charge in [0, 0.05) is 23.8 Å². The van der Waals surface area contributed by atoms with E-state index in [0.29, 0.717) is 18.2 Å². The second-order valence-corrected chi connectivity index (χ2v) is 12.1. The number of thioether (sulfide) groups is 1. The fraction of sp³-hybridized carbons (Fsp3) is 0.810. The number of imidazole rings is 1. The van der Waals surface area contributed by atoms with Gasteiger partial charge in [0.05, 0.1) is 23.0 Å². The lowest BCUT2D eigenvalue weighted by atomic mass is 10.1. The van der Waals surface area contributed by atoms with Crippen molar-refractivity contribution >= 4 is 27.5 Å². The Kier molecular flexibility index (Phi) is 6.30. The Bertz CT molecular complexity index is 853. The molecule has 1 aliphatic heterocycles. The van der Waals surface area contributed by atoms with Crippen LogP contribution < -0.4 is 0 Å². The highest BCUT2D eigenvalue weighted by Gasteiger charge is 2.39. The first-order chi connectivity index (χ1) is 13.9. The second kappa shape index (κ2) is 8.61. The van der Waals surface area contributed by atoms with Gasteiger partial charge in [-0.3, -0.25) is 4.79 Å². The number of aryl methyl sites for hydroxylation is 1. The van der Waals surface area contributed by atoms with Crippen molar-refractivity contribution in [2.75, 3.05) is 17.3 Å². The average Bonchev–Trinajstić information content (AvgIpc) is 3.44. The third-order valence-electron chi connectivity index (χ3n) is 6.98. The number of carbonyl (C=O) groups is 1. The molecule has 1 aromatic rings. The minimum Gasteiger partial charge on any atom is -0.335 e. The van der Waals surface area contributed by atoms with Gasteiger partial charge in [-0.2, -0.15) is 0 Å². The monoisotopic (exact) mass is 439 g/mol. The molecule has 1 atom stereocenters. The number of hydrogen-bond donors (Lipinski definition) is 0. The van der Waals surface area contributed by atoms with Crippen LogP contribution in [0.3, 0.4) is 0 Å². The zero-order valence-electron chi connectivity index (χ0n) is 17.6. The molecule has 4 rings (SSSR count). The highest BCUT2D eigenvalue weighted by molar-refractivity contribution is 7.99. The second-order valence-electron chi connectivity index (χ2n) is 8.96. The van der Waals surface area contributed by atoms with Gasteiger partial charge >= 0.3 is 0 Å². The van der Waals surface area contributed by atoms with Crippen molar-refractivity contribution < 1.29 is 13.2 Å². The van der Waals surface area contributed by atoms with Crippen molar-refractivity contribution in [3.05, 3.63) is 11.4 Å². The minimum absolute atomic E-state index is 0.0836. The maximum Gasteiger partial charge on any atom is 0.233 e. The molecule has 6 nitrogen and oxygen atoms in total. The fourth-order valence-corrected chi connectivity index (χ4v) is 8.11. The van der Waals surface area contributed by atoms with Crippen LogP contribution >= 0.6 is 11.8 Å². The molecule has 3 fully saturated rings. The van der Waals surface area contributed by atoms with E-state index in [9.17, 15) is 13.2 Å². The molecule has 2 aliphatic carbocycles. The van der Waals surface area contributed by atoms with Crippen LogP contribution in [0.15, 0.2) is 5.16 Å². The summed E-state index contributed by atoms with van der Waals surface area (Å²) in [6, 6.07) is 0.563. The van der Waals surface area contributed by atoms with Crippen LogP contribution in [0.5, 0.6) is 0 Å². The van der Waals surface area contributed by atoms with Gasteiger partial charge in [-0.15, -0.1) is 0 Å². The predicted molar refractivity (Wildman–Crippen MR) is 116 cm³/mol. The molecule has 0 aromatic carbocycles. The lowest BCUT2D eigenvalue weighted by molar-refractivity contribution is -0.132. The van der Waals surface area contributed by atoms with E-state index in [-0.39, 0.29) is 29.5 Å². The molecule has 1 unspecified atom stereocenters. The topological polar surface area (TPSA) is 72.3 Å². The summed E-state index contributed by atoms with van der Waals surface area (Å²) in [4.78, 5) is 20.0. The number of sulfone groups is 1. The molecule has 0 spiro atoms. The Hall–Kier alpha value is -1.02. The smallest absolute Gasteiger partial charge is 0.233 e. The van der Waals surface area contributed by atoms with Crippen LogP contribution in [0.1, 0.15) is 75.2 Å². The van der Waals surface area contributed by atoms with Gasteiger partial charge in [-0.25, -0.2) is 13.4 Å². The third kappa shape index (κ3) is 4.53. The Morgan fingerprint density at radius 3 is 2.34 bits per heavy atom. The summed E-state index contributed by atoms with van der Waals surface area (Å²) in [6.07, 6.45) is 9.75. The number of rotatable bonds is 6. The van der Waals surface area contributed by atoms with Gasteiger partial charge in [-0.05, 0) is 46.0 Å². The average molecular weight is 440 g/mol. The minimum atomic E-state index is -3.01. The van der Waals surface area contributed by atoms with E-state index in [0.717, 1.165) is 36.5 Å². The highest BCUT2D eigenvalue weighted by Crippen LogP contribution is 2.36. The van der Waals surface area contributed by atoms with E-state index in [1.165, 1.54) is 43.1 Å². The molecule has 2 heterocycles. The van der Waals surface area contributed by atoms with Gasteiger partial charge in [0.2, 0.25) is 5.91 Å². The van der Waals surface area contributed by atoms with Gasteiger partial charge in [0.1, 0.15) is 0 Å². The largest absolute Gasteiger partial charge is 0.335 e. The summed E-state index contributed by atoms with van der Waals surface area (Å²) < 4.78 is 26.4. The van der Waals surface area contributed by atoms with Gasteiger partial charge in [-0.1, -0.05) is 37.4 Å². The maximum atomic E-state index is 13.3. The molecular weight excluding hydrogens is 406 g/mol. The third-order valence-corrected chi connectivity index (χ3v) is 9.66. The molecule has 1 aromatic heterocycles.